The molecule has 0 saturated carbocycles. The lowest BCUT2D eigenvalue weighted by atomic mass is 10.3. The van der Waals surface area contributed by atoms with Gasteiger partial charge >= 0.3 is 0 Å². The molecule has 0 spiro atoms. The van der Waals surface area contributed by atoms with Crippen LogP contribution in [0.2, 0.25) is 0 Å². The molecule has 0 fully saturated rings. The smallest absolute Gasteiger partial charge is 0.238 e. The van der Waals surface area contributed by atoms with E-state index in [-0.39, 0.29) is 12.0 Å². The van der Waals surface area contributed by atoms with Crippen molar-refractivity contribution in [2.75, 3.05) is 18.4 Å². The summed E-state index contributed by atoms with van der Waals surface area (Å²) in [7, 11) is 0. The van der Waals surface area contributed by atoms with E-state index in [1.54, 1.807) is 0 Å². The minimum Gasteiger partial charge on any atom is -0.491 e. The van der Waals surface area contributed by atoms with E-state index in [1.807, 2.05) is 45.0 Å². The van der Waals surface area contributed by atoms with Crippen LogP contribution in [-0.2, 0) is 4.79 Å². The SMILES string of the molecule is CCNCC(=O)Nc1cccc(OC(C)C)c1. The molecule has 1 rings (SSSR count). The number of benzene rings is 1. The van der Waals surface area contributed by atoms with Gasteiger partial charge in [-0.1, -0.05) is 13.0 Å². The molecule has 4 nitrogen and oxygen atoms in total. The maximum Gasteiger partial charge on any atom is 0.238 e. The number of rotatable bonds is 6. The third-order valence-electron chi connectivity index (χ3n) is 2.03. The van der Waals surface area contributed by atoms with Crippen LogP contribution in [0.15, 0.2) is 24.3 Å². The molecule has 2 N–H and O–H groups in total. The van der Waals surface area contributed by atoms with Crippen molar-refractivity contribution in [1.82, 2.24) is 5.32 Å². The number of hydrogen-bond donors (Lipinski definition) is 2. The first-order valence-electron chi connectivity index (χ1n) is 5.89. The molecule has 0 aromatic heterocycles. The van der Waals surface area contributed by atoms with Crippen LogP contribution in [-0.4, -0.2) is 25.1 Å². The molecule has 0 saturated heterocycles. The summed E-state index contributed by atoms with van der Waals surface area (Å²) in [6.07, 6.45) is 0.128. The number of nitrogens with one attached hydrogen (secondary N) is 2. The van der Waals surface area contributed by atoms with Gasteiger partial charge < -0.3 is 15.4 Å². The quantitative estimate of drug-likeness (QED) is 0.794. The zero-order valence-corrected chi connectivity index (χ0v) is 10.6. The summed E-state index contributed by atoms with van der Waals surface area (Å²) < 4.78 is 5.55. The predicted octanol–water partition coefficient (Wildman–Crippen LogP) is 2.02. The first-order chi connectivity index (χ1) is 8.11. The Bertz CT molecular complexity index is 364. The predicted molar refractivity (Wildman–Crippen MR) is 69.4 cm³/mol. The molecular formula is C13H20N2O2. The molecule has 0 unspecified atom stereocenters. The molecule has 0 aliphatic carbocycles. The number of amides is 1. The third-order valence-corrected chi connectivity index (χ3v) is 2.03. The molecule has 0 radical (unpaired) electrons. The van der Waals surface area contributed by atoms with Gasteiger partial charge in [-0.25, -0.2) is 0 Å². The highest BCUT2D eigenvalue weighted by Crippen LogP contribution is 2.18. The Hall–Kier alpha value is -1.55. The van der Waals surface area contributed by atoms with Crippen LogP contribution in [0.5, 0.6) is 5.75 Å². The summed E-state index contributed by atoms with van der Waals surface area (Å²) >= 11 is 0. The zero-order valence-electron chi connectivity index (χ0n) is 10.6. The minimum absolute atomic E-state index is 0.0476. The van der Waals surface area contributed by atoms with Crippen molar-refractivity contribution in [1.29, 1.82) is 0 Å². The molecule has 94 valence electrons. The van der Waals surface area contributed by atoms with Gasteiger partial charge in [-0.15, -0.1) is 0 Å². The lowest BCUT2D eigenvalue weighted by Crippen LogP contribution is -2.27. The second-order valence-electron chi connectivity index (χ2n) is 4.02. The Kier molecular flexibility index (Phi) is 5.49. The number of carbonyl (C=O) groups excluding carboxylic acids is 1. The van der Waals surface area contributed by atoms with Gasteiger partial charge in [-0.05, 0) is 32.5 Å². The second kappa shape index (κ2) is 6.91. The second-order valence-corrected chi connectivity index (χ2v) is 4.02. The van der Waals surface area contributed by atoms with E-state index in [0.717, 1.165) is 18.0 Å². The molecule has 0 atom stereocenters. The summed E-state index contributed by atoms with van der Waals surface area (Å²) in [6.45, 7) is 7.01. The van der Waals surface area contributed by atoms with E-state index in [9.17, 15) is 4.79 Å². The van der Waals surface area contributed by atoms with Crippen molar-refractivity contribution in [2.24, 2.45) is 0 Å². The number of hydrogen-bond acceptors (Lipinski definition) is 3. The van der Waals surface area contributed by atoms with E-state index in [1.165, 1.54) is 0 Å². The van der Waals surface area contributed by atoms with Crippen LogP contribution in [0.25, 0.3) is 0 Å². The topological polar surface area (TPSA) is 50.4 Å². The van der Waals surface area contributed by atoms with E-state index >= 15 is 0 Å². The van der Waals surface area contributed by atoms with E-state index in [0.29, 0.717) is 6.54 Å². The van der Waals surface area contributed by atoms with Crippen LogP contribution in [0.1, 0.15) is 20.8 Å². The van der Waals surface area contributed by atoms with Gasteiger partial charge in [0.15, 0.2) is 0 Å². The van der Waals surface area contributed by atoms with E-state index in [2.05, 4.69) is 10.6 Å². The third kappa shape index (κ3) is 5.36. The average molecular weight is 236 g/mol. The zero-order chi connectivity index (χ0) is 12.7. The highest BCUT2D eigenvalue weighted by atomic mass is 16.5. The maximum absolute atomic E-state index is 11.5. The Morgan fingerprint density at radius 2 is 2.18 bits per heavy atom. The first kappa shape index (κ1) is 13.5. The minimum atomic E-state index is -0.0476. The van der Waals surface area contributed by atoms with Crippen molar-refractivity contribution in [3.8, 4) is 5.75 Å². The van der Waals surface area contributed by atoms with Crippen molar-refractivity contribution < 1.29 is 9.53 Å². The summed E-state index contributed by atoms with van der Waals surface area (Å²) in [5.74, 6) is 0.717. The summed E-state index contributed by atoms with van der Waals surface area (Å²) in [4.78, 5) is 11.5. The Morgan fingerprint density at radius 1 is 1.41 bits per heavy atom. The van der Waals surface area contributed by atoms with Crippen LogP contribution in [0.4, 0.5) is 5.69 Å². The number of anilines is 1. The lowest BCUT2D eigenvalue weighted by Gasteiger charge is -2.11. The lowest BCUT2D eigenvalue weighted by molar-refractivity contribution is -0.115. The molecule has 0 aliphatic heterocycles. The van der Waals surface area contributed by atoms with Crippen molar-refractivity contribution in [3.05, 3.63) is 24.3 Å². The van der Waals surface area contributed by atoms with E-state index < -0.39 is 0 Å². The van der Waals surface area contributed by atoms with Crippen molar-refractivity contribution in [2.45, 2.75) is 26.9 Å². The number of ether oxygens (including phenoxy) is 1. The summed E-state index contributed by atoms with van der Waals surface area (Å²) in [5.41, 5.74) is 0.756. The van der Waals surface area contributed by atoms with Crippen LogP contribution < -0.4 is 15.4 Å². The molecule has 1 aromatic carbocycles. The fraction of sp³-hybridized carbons (Fsp3) is 0.462. The van der Waals surface area contributed by atoms with E-state index in [4.69, 9.17) is 4.74 Å². The highest BCUT2D eigenvalue weighted by molar-refractivity contribution is 5.92. The number of carbonyl (C=O) groups is 1. The molecule has 0 aliphatic rings. The molecular weight excluding hydrogens is 216 g/mol. The molecule has 17 heavy (non-hydrogen) atoms. The summed E-state index contributed by atoms with van der Waals surface area (Å²) in [5, 5.41) is 5.78. The average Bonchev–Trinajstić information content (AvgIpc) is 2.26. The standard InChI is InChI=1S/C13H20N2O2/c1-4-14-9-13(16)15-11-6-5-7-12(8-11)17-10(2)3/h5-8,10,14H,4,9H2,1-3H3,(H,15,16). The van der Waals surface area contributed by atoms with Crippen LogP contribution in [0, 0.1) is 0 Å². The first-order valence-corrected chi connectivity index (χ1v) is 5.89. The molecule has 4 heteroatoms. The molecule has 1 amide bonds. The normalized spacial score (nSPS) is 10.4. The summed E-state index contributed by atoms with van der Waals surface area (Å²) in [6, 6.07) is 7.40. The van der Waals surface area contributed by atoms with Gasteiger partial charge in [0, 0.05) is 11.8 Å². The number of likely N-dealkylation sites (N-methyl/N-ethyl adjacent to an activating group) is 1. The highest BCUT2D eigenvalue weighted by Gasteiger charge is 2.03. The Labute approximate surface area is 102 Å². The fourth-order valence-corrected chi connectivity index (χ4v) is 1.36. The van der Waals surface area contributed by atoms with Crippen molar-refractivity contribution >= 4 is 11.6 Å². The Morgan fingerprint density at radius 3 is 2.82 bits per heavy atom. The fourth-order valence-electron chi connectivity index (χ4n) is 1.36. The van der Waals surface area contributed by atoms with Crippen molar-refractivity contribution in [3.63, 3.8) is 0 Å². The largest absolute Gasteiger partial charge is 0.491 e. The molecule has 1 aromatic rings. The maximum atomic E-state index is 11.5. The van der Waals surface area contributed by atoms with Gasteiger partial charge in [-0.2, -0.15) is 0 Å². The molecule has 0 bridgehead atoms. The monoisotopic (exact) mass is 236 g/mol. The van der Waals surface area contributed by atoms with Gasteiger partial charge in [0.05, 0.1) is 12.6 Å². The van der Waals surface area contributed by atoms with Gasteiger partial charge in [0.25, 0.3) is 0 Å². The Balaban J connectivity index is 2.56. The van der Waals surface area contributed by atoms with Gasteiger partial charge in [0.2, 0.25) is 5.91 Å². The van der Waals surface area contributed by atoms with Gasteiger partial charge in [-0.3, -0.25) is 4.79 Å². The van der Waals surface area contributed by atoms with Crippen LogP contribution in [0.3, 0.4) is 0 Å². The molecule has 0 heterocycles. The van der Waals surface area contributed by atoms with Gasteiger partial charge in [0.1, 0.15) is 5.75 Å². The van der Waals surface area contributed by atoms with Crippen LogP contribution >= 0.6 is 0 Å².